The molecule has 1 heteroatoms. The number of benzene rings is 2. The number of hydrogen-bond donors (Lipinski definition) is 1. The number of hydrogen-bond acceptors (Lipinski definition) is 1. The van der Waals surface area contributed by atoms with Crippen molar-refractivity contribution in [2.75, 3.05) is 7.05 Å². The molecule has 0 fully saturated rings. The number of nitrogens with one attached hydrogen (secondary N) is 1. The van der Waals surface area contributed by atoms with Gasteiger partial charge in [0.1, 0.15) is 0 Å². The molecule has 2 rings (SSSR count). The van der Waals surface area contributed by atoms with Gasteiger partial charge in [-0.1, -0.05) is 56.3 Å². The molecule has 2 aromatic carbocycles. The highest BCUT2D eigenvalue weighted by atomic mass is 14.9. The molecule has 0 radical (unpaired) electrons. The second-order valence-corrected chi connectivity index (χ2v) is 5.83. The van der Waals surface area contributed by atoms with Crippen LogP contribution < -0.4 is 5.32 Å². The van der Waals surface area contributed by atoms with Crippen molar-refractivity contribution < 1.29 is 0 Å². The molecule has 0 bridgehead atoms. The van der Waals surface area contributed by atoms with Gasteiger partial charge in [-0.2, -0.15) is 0 Å². The first-order valence-electron chi connectivity index (χ1n) is 7.27. The van der Waals surface area contributed by atoms with E-state index in [0.717, 1.165) is 6.42 Å². The van der Waals surface area contributed by atoms with Gasteiger partial charge in [-0.05, 0) is 48.6 Å². The summed E-state index contributed by atoms with van der Waals surface area (Å²) in [6, 6.07) is 15.9. The van der Waals surface area contributed by atoms with Crippen LogP contribution >= 0.6 is 0 Å². The fraction of sp³-hybridized carbons (Fsp3) is 0.444. The standard InChI is InChI=1S/C18H25N/c1-13(2)18(14(3)19-4)12-16-10-7-9-15-8-5-6-11-17(15)16/h5-11,13-14,18-19H,12H2,1-4H3. The van der Waals surface area contributed by atoms with Crippen LogP contribution in [-0.4, -0.2) is 13.1 Å². The highest BCUT2D eigenvalue weighted by Gasteiger charge is 2.20. The van der Waals surface area contributed by atoms with Gasteiger partial charge in [0.25, 0.3) is 0 Å². The van der Waals surface area contributed by atoms with Gasteiger partial charge >= 0.3 is 0 Å². The van der Waals surface area contributed by atoms with Crippen molar-refractivity contribution in [2.45, 2.75) is 33.2 Å². The van der Waals surface area contributed by atoms with Gasteiger partial charge < -0.3 is 5.32 Å². The molecular formula is C18H25N. The van der Waals surface area contributed by atoms with Crippen LogP contribution in [0.15, 0.2) is 42.5 Å². The predicted octanol–water partition coefficient (Wildman–Crippen LogP) is 4.26. The Labute approximate surface area is 117 Å². The van der Waals surface area contributed by atoms with Gasteiger partial charge in [0.15, 0.2) is 0 Å². The molecule has 2 aromatic rings. The Morgan fingerprint density at radius 1 is 0.947 bits per heavy atom. The fourth-order valence-electron chi connectivity index (χ4n) is 2.93. The summed E-state index contributed by atoms with van der Waals surface area (Å²) < 4.78 is 0. The maximum absolute atomic E-state index is 3.41. The van der Waals surface area contributed by atoms with Crippen molar-refractivity contribution in [3.05, 3.63) is 48.0 Å². The molecule has 19 heavy (non-hydrogen) atoms. The van der Waals surface area contributed by atoms with Crippen LogP contribution in [0.25, 0.3) is 10.8 Å². The molecule has 0 saturated heterocycles. The Bertz CT molecular complexity index is 525. The molecule has 0 heterocycles. The second kappa shape index (κ2) is 6.21. The van der Waals surface area contributed by atoms with Crippen LogP contribution in [0.2, 0.25) is 0 Å². The third-order valence-electron chi connectivity index (χ3n) is 4.29. The van der Waals surface area contributed by atoms with Crippen molar-refractivity contribution in [1.82, 2.24) is 5.32 Å². The quantitative estimate of drug-likeness (QED) is 0.841. The smallest absolute Gasteiger partial charge is 0.00696 e. The van der Waals surface area contributed by atoms with Crippen LogP contribution in [0.3, 0.4) is 0 Å². The average Bonchev–Trinajstić information content (AvgIpc) is 2.43. The topological polar surface area (TPSA) is 12.0 Å². The SMILES string of the molecule is CNC(C)C(Cc1cccc2ccccc12)C(C)C. The van der Waals surface area contributed by atoms with Gasteiger partial charge in [-0.15, -0.1) is 0 Å². The molecule has 0 saturated carbocycles. The zero-order valence-electron chi connectivity index (χ0n) is 12.5. The van der Waals surface area contributed by atoms with Crippen molar-refractivity contribution in [1.29, 1.82) is 0 Å². The van der Waals surface area contributed by atoms with Gasteiger partial charge in [-0.3, -0.25) is 0 Å². The van der Waals surface area contributed by atoms with E-state index in [1.807, 2.05) is 0 Å². The van der Waals surface area contributed by atoms with Gasteiger partial charge in [-0.25, -0.2) is 0 Å². The molecular weight excluding hydrogens is 230 g/mol. The summed E-state index contributed by atoms with van der Waals surface area (Å²) in [5.74, 6) is 1.34. The van der Waals surface area contributed by atoms with E-state index in [2.05, 4.69) is 75.6 Å². The zero-order chi connectivity index (χ0) is 13.8. The minimum absolute atomic E-state index is 0.541. The molecule has 1 N–H and O–H groups in total. The monoisotopic (exact) mass is 255 g/mol. The predicted molar refractivity (Wildman–Crippen MR) is 84.5 cm³/mol. The minimum atomic E-state index is 0.541. The van der Waals surface area contributed by atoms with Gasteiger partial charge in [0.05, 0.1) is 0 Å². The van der Waals surface area contributed by atoms with E-state index < -0.39 is 0 Å². The Kier molecular flexibility index (Phi) is 4.60. The molecule has 0 amide bonds. The van der Waals surface area contributed by atoms with Crippen molar-refractivity contribution in [3.63, 3.8) is 0 Å². The summed E-state index contributed by atoms with van der Waals surface area (Å²) in [5.41, 5.74) is 1.47. The molecule has 2 atom stereocenters. The van der Waals surface area contributed by atoms with Gasteiger partial charge in [0.2, 0.25) is 0 Å². The number of rotatable bonds is 5. The van der Waals surface area contributed by atoms with Crippen LogP contribution in [0.5, 0.6) is 0 Å². The lowest BCUT2D eigenvalue weighted by molar-refractivity contribution is 0.301. The van der Waals surface area contributed by atoms with E-state index in [1.54, 1.807) is 0 Å². The summed E-state index contributed by atoms with van der Waals surface area (Å²) in [4.78, 5) is 0. The van der Waals surface area contributed by atoms with Crippen LogP contribution in [0.4, 0.5) is 0 Å². The van der Waals surface area contributed by atoms with Gasteiger partial charge in [0, 0.05) is 6.04 Å². The highest BCUT2D eigenvalue weighted by Crippen LogP contribution is 2.26. The lowest BCUT2D eigenvalue weighted by Gasteiger charge is -2.27. The minimum Gasteiger partial charge on any atom is -0.317 e. The van der Waals surface area contributed by atoms with E-state index in [1.165, 1.54) is 16.3 Å². The molecule has 2 unspecified atom stereocenters. The lowest BCUT2D eigenvalue weighted by atomic mass is 9.83. The molecule has 102 valence electrons. The summed E-state index contributed by atoms with van der Waals surface area (Å²) in [6.07, 6.45) is 1.14. The van der Waals surface area contributed by atoms with E-state index >= 15 is 0 Å². The third-order valence-corrected chi connectivity index (χ3v) is 4.29. The zero-order valence-corrected chi connectivity index (χ0v) is 12.5. The summed E-state index contributed by atoms with van der Waals surface area (Å²) >= 11 is 0. The molecule has 1 nitrogen and oxygen atoms in total. The Morgan fingerprint density at radius 2 is 1.63 bits per heavy atom. The maximum Gasteiger partial charge on any atom is 0.00696 e. The third kappa shape index (κ3) is 3.16. The Hall–Kier alpha value is -1.34. The normalized spacial score (nSPS) is 14.8. The van der Waals surface area contributed by atoms with Crippen LogP contribution in [0.1, 0.15) is 26.3 Å². The second-order valence-electron chi connectivity index (χ2n) is 5.83. The van der Waals surface area contributed by atoms with Crippen molar-refractivity contribution in [2.24, 2.45) is 11.8 Å². The first kappa shape index (κ1) is 14.1. The van der Waals surface area contributed by atoms with E-state index in [4.69, 9.17) is 0 Å². The Balaban J connectivity index is 2.34. The van der Waals surface area contributed by atoms with Crippen LogP contribution in [-0.2, 0) is 6.42 Å². The van der Waals surface area contributed by atoms with Crippen molar-refractivity contribution >= 4 is 10.8 Å². The van der Waals surface area contributed by atoms with E-state index in [0.29, 0.717) is 17.9 Å². The molecule has 0 spiro atoms. The summed E-state index contributed by atoms with van der Waals surface area (Å²) in [6.45, 7) is 6.93. The average molecular weight is 255 g/mol. The van der Waals surface area contributed by atoms with E-state index in [9.17, 15) is 0 Å². The summed E-state index contributed by atoms with van der Waals surface area (Å²) in [5, 5.41) is 6.16. The van der Waals surface area contributed by atoms with E-state index in [-0.39, 0.29) is 0 Å². The molecule has 0 aliphatic heterocycles. The van der Waals surface area contributed by atoms with Crippen LogP contribution in [0, 0.1) is 11.8 Å². The first-order chi connectivity index (χ1) is 9.13. The van der Waals surface area contributed by atoms with Crippen molar-refractivity contribution in [3.8, 4) is 0 Å². The number of fused-ring (bicyclic) bond motifs is 1. The Morgan fingerprint density at radius 3 is 2.32 bits per heavy atom. The summed E-state index contributed by atoms with van der Waals surface area (Å²) in [7, 11) is 2.06. The molecule has 0 aliphatic carbocycles. The fourth-order valence-corrected chi connectivity index (χ4v) is 2.93. The maximum atomic E-state index is 3.41. The highest BCUT2D eigenvalue weighted by molar-refractivity contribution is 5.85. The first-order valence-corrected chi connectivity index (χ1v) is 7.27. The largest absolute Gasteiger partial charge is 0.317 e. The lowest BCUT2D eigenvalue weighted by Crippen LogP contribution is -2.35. The molecule has 0 aromatic heterocycles. The molecule has 0 aliphatic rings.